The number of H-pyrrole nitrogens is 1. The molecule has 7 heteroatoms. The summed E-state index contributed by atoms with van der Waals surface area (Å²) in [6.07, 6.45) is 0.298. The number of benzene rings is 1. The highest BCUT2D eigenvalue weighted by Crippen LogP contribution is 2.27. The number of nitrogens with zero attached hydrogens (tertiary/aromatic N) is 1. The minimum absolute atomic E-state index is 0.138. The SMILES string of the molecule is CCc1c(O)n(-c2ccc(Cl)c(OC)c2)c(=O)[nH]c1=O. The minimum Gasteiger partial charge on any atom is -0.495 e. The highest BCUT2D eigenvalue weighted by molar-refractivity contribution is 6.32. The molecule has 2 N–H and O–H groups in total. The highest BCUT2D eigenvalue weighted by Gasteiger charge is 2.15. The van der Waals surface area contributed by atoms with Gasteiger partial charge in [-0.3, -0.25) is 9.78 Å². The lowest BCUT2D eigenvalue weighted by atomic mass is 10.2. The van der Waals surface area contributed by atoms with E-state index >= 15 is 0 Å². The zero-order valence-corrected chi connectivity index (χ0v) is 11.7. The quantitative estimate of drug-likeness (QED) is 0.898. The number of ether oxygens (including phenoxy) is 1. The number of aromatic nitrogens is 2. The lowest BCUT2D eigenvalue weighted by Gasteiger charge is -2.12. The van der Waals surface area contributed by atoms with Crippen molar-refractivity contribution in [1.82, 2.24) is 9.55 Å². The van der Waals surface area contributed by atoms with Crippen molar-refractivity contribution in [2.24, 2.45) is 0 Å². The molecule has 0 atom stereocenters. The summed E-state index contributed by atoms with van der Waals surface area (Å²) in [5.74, 6) is -0.0228. The molecule has 6 nitrogen and oxygen atoms in total. The van der Waals surface area contributed by atoms with E-state index in [0.29, 0.717) is 22.9 Å². The van der Waals surface area contributed by atoms with E-state index in [1.807, 2.05) is 0 Å². The fraction of sp³-hybridized carbons (Fsp3) is 0.231. The van der Waals surface area contributed by atoms with Crippen LogP contribution in [0.5, 0.6) is 11.6 Å². The third kappa shape index (κ3) is 2.30. The number of aromatic hydroxyl groups is 1. The lowest BCUT2D eigenvalue weighted by Crippen LogP contribution is -2.31. The molecule has 0 radical (unpaired) electrons. The van der Waals surface area contributed by atoms with Crippen LogP contribution in [0.2, 0.25) is 5.02 Å². The number of nitrogens with one attached hydrogen (secondary N) is 1. The van der Waals surface area contributed by atoms with Crippen LogP contribution in [0.4, 0.5) is 0 Å². The molecule has 0 spiro atoms. The van der Waals surface area contributed by atoms with Crippen LogP contribution in [-0.2, 0) is 6.42 Å². The first-order valence-electron chi connectivity index (χ1n) is 5.90. The van der Waals surface area contributed by atoms with Crippen LogP contribution in [0, 0.1) is 0 Å². The summed E-state index contributed by atoms with van der Waals surface area (Å²) in [4.78, 5) is 25.6. The fourth-order valence-corrected chi connectivity index (χ4v) is 2.10. The number of aromatic amines is 1. The van der Waals surface area contributed by atoms with Gasteiger partial charge in [-0.15, -0.1) is 0 Å². The molecule has 106 valence electrons. The van der Waals surface area contributed by atoms with Crippen LogP contribution in [0.15, 0.2) is 27.8 Å². The van der Waals surface area contributed by atoms with Crippen molar-refractivity contribution >= 4 is 11.6 Å². The summed E-state index contributed by atoms with van der Waals surface area (Å²) in [6.45, 7) is 1.71. The largest absolute Gasteiger partial charge is 0.495 e. The molecule has 2 aromatic rings. The molecule has 1 aromatic heterocycles. The molecule has 1 aromatic carbocycles. The Balaban J connectivity index is 2.76. The van der Waals surface area contributed by atoms with Crippen molar-refractivity contribution in [2.45, 2.75) is 13.3 Å². The maximum absolute atomic E-state index is 11.9. The predicted molar refractivity (Wildman–Crippen MR) is 75.3 cm³/mol. The van der Waals surface area contributed by atoms with E-state index in [4.69, 9.17) is 16.3 Å². The van der Waals surface area contributed by atoms with Crippen LogP contribution >= 0.6 is 11.6 Å². The smallest absolute Gasteiger partial charge is 0.335 e. The summed E-state index contributed by atoms with van der Waals surface area (Å²) in [5, 5.41) is 10.5. The van der Waals surface area contributed by atoms with Gasteiger partial charge in [0.25, 0.3) is 5.56 Å². The van der Waals surface area contributed by atoms with Crippen molar-refractivity contribution in [2.75, 3.05) is 7.11 Å². The van der Waals surface area contributed by atoms with Crippen LogP contribution in [-0.4, -0.2) is 21.8 Å². The van der Waals surface area contributed by atoms with E-state index in [2.05, 4.69) is 4.98 Å². The standard InChI is InChI=1S/C13H13ClN2O4/c1-3-8-11(17)15-13(19)16(12(8)18)7-4-5-9(14)10(6-7)20-2/h4-6,18H,3H2,1-2H3,(H,15,17,19). The van der Waals surface area contributed by atoms with Gasteiger partial charge in [-0.05, 0) is 18.6 Å². The number of halogens is 1. The Labute approximate surface area is 119 Å². The summed E-state index contributed by atoms with van der Waals surface area (Å²) >= 11 is 5.91. The maximum Gasteiger partial charge on any atom is 0.335 e. The molecule has 0 aliphatic carbocycles. The van der Waals surface area contributed by atoms with Crippen LogP contribution < -0.4 is 16.0 Å². The fourth-order valence-electron chi connectivity index (χ4n) is 1.91. The second-order valence-electron chi connectivity index (χ2n) is 4.07. The number of hydrogen-bond donors (Lipinski definition) is 2. The second kappa shape index (κ2) is 5.42. The van der Waals surface area contributed by atoms with Gasteiger partial charge >= 0.3 is 5.69 Å². The molecule has 2 rings (SSSR count). The molecule has 0 unspecified atom stereocenters. The Kier molecular flexibility index (Phi) is 3.85. The van der Waals surface area contributed by atoms with Crippen molar-refractivity contribution in [3.05, 3.63) is 49.6 Å². The van der Waals surface area contributed by atoms with Gasteiger partial charge in [-0.25, -0.2) is 9.36 Å². The van der Waals surface area contributed by atoms with E-state index in [9.17, 15) is 14.7 Å². The third-order valence-corrected chi connectivity index (χ3v) is 3.24. The number of methoxy groups -OCH3 is 1. The molecule has 0 aliphatic rings. The Morgan fingerprint density at radius 3 is 2.70 bits per heavy atom. The van der Waals surface area contributed by atoms with E-state index in [1.165, 1.54) is 13.2 Å². The summed E-state index contributed by atoms with van der Waals surface area (Å²) < 4.78 is 6.07. The summed E-state index contributed by atoms with van der Waals surface area (Å²) in [5.41, 5.74) is -0.834. The van der Waals surface area contributed by atoms with Crippen LogP contribution in [0.1, 0.15) is 12.5 Å². The molecule has 0 aliphatic heterocycles. The van der Waals surface area contributed by atoms with Gasteiger partial charge in [0.2, 0.25) is 5.88 Å². The summed E-state index contributed by atoms with van der Waals surface area (Å²) in [7, 11) is 1.44. The maximum atomic E-state index is 11.9. The van der Waals surface area contributed by atoms with E-state index in [0.717, 1.165) is 4.57 Å². The normalized spacial score (nSPS) is 10.6. The zero-order chi connectivity index (χ0) is 14.9. The first-order chi connectivity index (χ1) is 9.49. The van der Waals surface area contributed by atoms with E-state index in [1.54, 1.807) is 19.1 Å². The third-order valence-electron chi connectivity index (χ3n) is 2.93. The van der Waals surface area contributed by atoms with Gasteiger partial charge in [-0.2, -0.15) is 0 Å². The van der Waals surface area contributed by atoms with Crippen LogP contribution in [0.25, 0.3) is 5.69 Å². The van der Waals surface area contributed by atoms with Crippen molar-refractivity contribution in [3.63, 3.8) is 0 Å². The second-order valence-corrected chi connectivity index (χ2v) is 4.48. The number of hydrogen-bond acceptors (Lipinski definition) is 4. The molecular formula is C13H13ClN2O4. The van der Waals surface area contributed by atoms with Crippen molar-refractivity contribution < 1.29 is 9.84 Å². The van der Waals surface area contributed by atoms with Gasteiger partial charge in [0.05, 0.1) is 23.4 Å². The predicted octanol–water partition coefficient (Wildman–Crippen LogP) is 1.46. The first kappa shape index (κ1) is 14.2. The van der Waals surface area contributed by atoms with Crippen molar-refractivity contribution in [3.8, 4) is 17.3 Å². The zero-order valence-electron chi connectivity index (χ0n) is 10.9. The van der Waals surface area contributed by atoms with Gasteiger partial charge in [0, 0.05) is 6.07 Å². The van der Waals surface area contributed by atoms with E-state index < -0.39 is 11.2 Å². The Morgan fingerprint density at radius 2 is 2.10 bits per heavy atom. The molecule has 0 amide bonds. The summed E-state index contributed by atoms with van der Waals surface area (Å²) in [6, 6.07) is 4.59. The van der Waals surface area contributed by atoms with Gasteiger partial charge in [0.15, 0.2) is 0 Å². The average Bonchev–Trinajstić information content (AvgIpc) is 2.40. The molecule has 0 saturated heterocycles. The molecule has 0 bridgehead atoms. The first-order valence-corrected chi connectivity index (χ1v) is 6.28. The van der Waals surface area contributed by atoms with Gasteiger partial charge in [0.1, 0.15) is 5.75 Å². The Morgan fingerprint density at radius 1 is 1.40 bits per heavy atom. The molecule has 20 heavy (non-hydrogen) atoms. The van der Waals surface area contributed by atoms with Gasteiger partial charge in [-0.1, -0.05) is 18.5 Å². The molecular weight excluding hydrogens is 284 g/mol. The average molecular weight is 297 g/mol. The van der Waals surface area contributed by atoms with Crippen LogP contribution in [0.3, 0.4) is 0 Å². The highest BCUT2D eigenvalue weighted by atomic mass is 35.5. The molecule has 0 saturated carbocycles. The van der Waals surface area contributed by atoms with Gasteiger partial charge < -0.3 is 9.84 Å². The molecule has 1 heterocycles. The Hall–Kier alpha value is -2.21. The Bertz CT molecular complexity index is 764. The van der Waals surface area contributed by atoms with Crippen molar-refractivity contribution in [1.29, 1.82) is 0 Å². The lowest BCUT2D eigenvalue weighted by molar-refractivity contribution is 0.412. The van der Waals surface area contributed by atoms with E-state index in [-0.39, 0.29) is 11.4 Å². The number of rotatable bonds is 3. The minimum atomic E-state index is -0.728. The monoisotopic (exact) mass is 296 g/mol. The topological polar surface area (TPSA) is 84.3 Å². The molecule has 0 fully saturated rings.